The molecule has 3 unspecified atom stereocenters. The van der Waals surface area contributed by atoms with Crippen LogP contribution < -0.4 is 4.57 Å². The third-order valence-corrected chi connectivity index (χ3v) is 10.3. The molecule has 0 radical (unpaired) electrons. The Morgan fingerprint density at radius 3 is 2.28 bits per heavy atom. The maximum absolute atomic E-state index is 12.2. The number of rotatable bonds is 2. The number of hydrogen-bond donors (Lipinski definition) is 1. The monoisotopic (exact) mass is 514 g/mol. The van der Waals surface area contributed by atoms with Gasteiger partial charge >= 0.3 is 0 Å². The number of benzene rings is 4. The molecule has 4 aromatic carbocycles. The van der Waals surface area contributed by atoms with Crippen molar-refractivity contribution in [2.24, 2.45) is 7.05 Å². The number of aryl methyl sites for hydroxylation is 1. The second-order valence-electron chi connectivity index (χ2n) is 12.1. The summed E-state index contributed by atoms with van der Waals surface area (Å²) in [5.41, 5.74) is 6.48. The van der Waals surface area contributed by atoms with E-state index in [1.54, 1.807) is 7.11 Å². The van der Waals surface area contributed by atoms with Gasteiger partial charge in [0.05, 0.1) is 10.9 Å². The summed E-state index contributed by atoms with van der Waals surface area (Å²) in [5, 5.41) is 18.1. The average Bonchev–Trinajstić information content (AvgIpc) is 3.20. The molecule has 1 saturated carbocycles. The van der Waals surface area contributed by atoms with Crippen molar-refractivity contribution in [2.75, 3.05) is 7.11 Å². The van der Waals surface area contributed by atoms with Gasteiger partial charge in [-0.3, -0.25) is 0 Å². The lowest BCUT2D eigenvalue weighted by Gasteiger charge is -2.29. The molecular weight excluding hydrogens is 482 g/mol. The van der Waals surface area contributed by atoms with Crippen LogP contribution >= 0.6 is 0 Å². The lowest BCUT2D eigenvalue weighted by atomic mass is 9.78. The molecule has 1 N–H and O–H groups in total. The molecule has 3 heterocycles. The summed E-state index contributed by atoms with van der Waals surface area (Å²) < 4.78 is 10.5. The summed E-state index contributed by atoms with van der Waals surface area (Å²) in [6.45, 7) is 8.76. The smallest absolute Gasteiger partial charge is 0.288 e. The van der Waals surface area contributed by atoms with E-state index in [1.807, 2.05) is 6.33 Å². The molecule has 6 aromatic rings. The van der Waals surface area contributed by atoms with Crippen LogP contribution in [0, 0.1) is 0 Å². The molecule has 3 atom stereocenters. The van der Waals surface area contributed by atoms with E-state index >= 15 is 0 Å². The third kappa shape index (κ3) is 2.34. The molecule has 39 heavy (non-hydrogen) atoms. The van der Waals surface area contributed by atoms with Gasteiger partial charge in [0.1, 0.15) is 10.9 Å². The van der Waals surface area contributed by atoms with E-state index in [2.05, 4.69) is 111 Å². The van der Waals surface area contributed by atoms with Gasteiger partial charge in [0.15, 0.2) is 11.2 Å². The van der Waals surface area contributed by atoms with E-state index in [0.717, 1.165) is 38.8 Å². The van der Waals surface area contributed by atoms with Crippen molar-refractivity contribution < 1.29 is 14.4 Å². The van der Waals surface area contributed by atoms with Gasteiger partial charge in [-0.25, -0.2) is 4.57 Å². The molecule has 194 valence electrons. The zero-order valence-electron chi connectivity index (χ0n) is 23.2. The highest BCUT2D eigenvalue weighted by Gasteiger charge is 2.91. The minimum Gasteiger partial charge on any atom is -0.361 e. The van der Waals surface area contributed by atoms with Crippen LogP contribution in [-0.4, -0.2) is 27.6 Å². The quantitative estimate of drug-likeness (QED) is 0.214. The van der Waals surface area contributed by atoms with Gasteiger partial charge in [-0.05, 0) is 75.6 Å². The molecular formula is C34H32N3O2+. The lowest BCUT2D eigenvalue weighted by Crippen LogP contribution is -2.55. The Balaban J connectivity index is 1.62. The second kappa shape index (κ2) is 7.04. The summed E-state index contributed by atoms with van der Waals surface area (Å²) in [5.74, 6) is -1.05. The lowest BCUT2D eigenvalue weighted by molar-refractivity contribution is -0.743. The standard InChI is InChI=1S/C34H32N3O2/c1-19(2)24-17-26-28(23-14-10-9-13-22(23)24)32(3)33(4,34(32,38)39-6)37-18-35-29-25-15-20-11-7-8-12-21(20)16-27(25)36(5)31(29)30(26)37/h7-19,38H,1-6H3/q+1. The van der Waals surface area contributed by atoms with Gasteiger partial charge in [0, 0.05) is 19.7 Å². The first kappa shape index (κ1) is 23.1. The summed E-state index contributed by atoms with van der Waals surface area (Å²) in [6.07, 6.45) is 1.93. The minimum absolute atomic E-state index is 0.338. The number of aromatic nitrogens is 3. The van der Waals surface area contributed by atoms with E-state index in [1.165, 1.54) is 27.1 Å². The van der Waals surface area contributed by atoms with Crippen molar-refractivity contribution in [2.45, 2.75) is 50.4 Å². The average molecular weight is 515 g/mol. The van der Waals surface area contributed by atoms with Crippen LogP contribution in [-0.2, 0) is 22.7 Å². The largest absolute Gasteiger partial charge is 0.361 e. The zero-order chi connectivity index (χ0) is 27.1. The molecule has 5 nitrogen and oxygen atoms in total. The van der Waals surface area contributed by atoms with E-state index in [9.17, 15) is 5.11 Å². The zero-order valence-corrected chi connectivity index (χ0v) is 23.2. The first-order chi connectivity index (χ1) is 18.7. The third-order valence-electron chi connectivity index (χ3n) is 10.3. The fraction of sp³-hybridized carbons (Fsp3) is 0.294. The molecule has 0 saturated heterocycles. The molecule has 0 bridgehead atoms. The number of aliphatic hydroxyl groups is 1. The van der Waals surface area contributed by atoms with Crippen molar-refractivity contribution in [3.05, 3.63) is 84.2 Å². The second-order valence-corrected chi connectivity index (χ2v) is 12.1. The Bertz CT molecular complexity index is 2060. The first-order valence-electron chi connectivity index (χ1n) is 13.7. The maximum Gasteiger partial charge on any atom is 0.288 e. The molecule has 2 aromatic heterocycles. The molecule has 1 aliphatic heterocycles. The Morgan fingerprint density at radius 2 is 1.59 bits per heavy atom. The number of ether oxygens (including phenoxy) is 1. The van der Waals surface area contributed by atoms with Crippen molar-refractivity contribution >= 4 is 43.5 Å². The van der Waals surface area contributed by atoms with Gasteiger partial charge in [-0.15, -0.1) is 0 Å². The Kier molecular flexibility index (Phi) is 4.17. The van der Waals surface area contributed by atoms with Crippen LogP contribution in [0.15, 0.2) is 73.1 Å². The fourth-order valence-electron chi connectivity index (χ4n) is 8.04. The predicted octanol–water partition coefficient (Wildman–Crippen LogP) is 6.45. The van der Waals surface area contributed by atoms with Crippen LogP contribution in [0.2, 0.25) is 0 Å². The van der Waals surface area contributed by atoms with Gasteiger partial charge < -0.3 is 14.4 Å². The number of nitrogens with zero attached hydrogens (tertiary/aromatic N) is 3. The molecule has 0 amide bonds. The van der Waals surface area contributed by atoms with Gasteiger partial charge in [0.25, 0.3) is 6.33 Å². The summed E-state index contributed by atoms with van der Waals surface area (Å²) in [6, 6.07) is 24.0. The molecule has 5 heteroatoms. The summed E-state index contributed by atoms with van der Waals surface area (Å²) in [4.78, 5) is 5.07. The van der Waals surface area contributed by atoms with Crippen molar-refractivity contribution in [1.29, 1.82) is 0 Å². The van der Waals surface area contributed by atoms with E-state index < -0.39 is 16.7 Å². The highest BCUT2D eigenvalue weighted by atomic mass is 16.6. The van der Waals surface area contributed by atoms with Crippen LogP contribution in [0.3, 0.4) is 0 Å². The van der Waals surface area contributed by atoms with Crippen molar-refractivity contribution in [3.63, 3.8) is 0 Å². The van der Waals surface area contributed by atoms with E-state index in [-0.39, 0.29) is 0 Å². The SMILES string of the molecule is COC1(O)C2(C)c3c(cc(C(C)C)c4ccccc34)-c3c4c(nc[n+]3C12C)c1cc2ccccc2cc1n4C. The Labute approximate surface area is 227 Å². The van der Waals surface area contributed by atoms with Gasteiger partial charge in [-0.2, -0.15) is 0 Å². The highest BCUT2D eigenvalue weighted by Crippen LogP contribution is 2.72. The van der Waals surface area contributed by atoms with Gasteiger partial charge in [-0.1, -0.05) is 62.4 Å². The molecule has 1 fully saturated rings. The Morgan fingerprint density at radius 1 is 0.923 bits per heavy atom. The summed E-state index contributed by atoms with van der Waals surface area (Å²) >= 11 is 0. The number of hydrogen-bond acceptors (Lipinski definition) is 3. The fourth-order valence-corrected chi connectivity index (χ4v) is 8.04. The van der Waals surface area contributed by atoms with Crippen molar-refractivity contribution in [3.8, 4) is 11.3 Å². The van der Waals surface area contributed by atoms with E-state index in [4.69, 9.17) is 9.72 Å². The maximum atomic E-state index is 12.2. The first-order valence-corrected chi connectivity index (χ1v) is 13.7. The van der Waals surface area contributed by atoms with Crippen LogP contribution in [0.25, 0.3) is 54.7 Å². The molecule has 1 aliphatic carbocycles. The molecule has 0 spiro atoms. The topological polar surface area (TPSA) is 51.2 Å². The van der Waals surface area contributed by atoms with Crippen LogP contribution in [0.4, 0.5) is 0 Å². The van der Waals surface area contributed by atoms with Crippen LogP contribution in [0.1, 0.15) is 44.7 Å². The van der Waals surface area contributed by atoms with Crippen molar-refractivity contribution in [1.82, 2.24) is 9.55 Å². The Hall–Kier alpha value is -3.80. The number of fused-ring (bicyclic) bond motifs is 13. The number of methoxy groups -OCH3 is 1. The highest BCUT2D eigenvalue weighted by molar-refractivity contribution is 6.14. The summed E-state index contributed by atoms with van der Waals surface area (Å²) in [7, 11) is 3.76. The molecule has 8 rings (SSSR count). The normalized spacial score (nSPS) is 25.4. The molecule has 2 aliphatic rings. The van der Waals surface area contributed by atoms with Gasteiger partial charge in [0.2, 0.25) is 11.3 Å². The predicted molar refractivity (Wildman–Crippen MR) is 156 cm³/mol. The van der Waals surface area contributed by atoms with E-state index in [0.29, 0.717) is 5.92 Å². The van der Waals surface area contributed by atoms with Crippen LogP contribution in [0.5, 0.6) is 0 Å². The minimum atomic E-state index is -1.39.